The molecule has 3 rings (SSSR count). The number of carbonyl (C=O) groups excluding carboxylic acids is 2. The number of likely N-dealkylation sites (N-methyl/N-ethyl adjacent to an activating group) is 1. The highest BCUT2D eigenvalue weighted by Crippen LogP contribution is 2.30. The van der Waals surface area contributed by atoms with Gasteiger partial charge in [-0.1, -0.05) is 36.8 Å². The summed E-state index contributed by atoms with van der Waals surface area (Å²) in [7, 11) is 3.18. The number of aromatic nitrogens is 1. The van der Waals surface area contributed by atoms with Crippen LogP contribution in [0, 0.1) is 12.8 Å². The fourth-order valence-corrected chi connectivity index (χ4v) is 3.83. The Morgan fingerprint density at radius 3 is 2.67 bits per heavy atom. The van der Waals surface area contributed by atoms with Crippen LogP contribution >= 0.6 is 0 Å². The van der Waals surface area contributed by atoms with Gasteiger partial charge in [-0.25, -0.2) is 4.98 Å². The lowest BCUT2D eigenvalue weighted by atomic mass is 9.99. The third kappa shape index (κ3) is 5.69. The second-order valence-corrected chi connectivity index (χ2v) is 8.77. The van der Waals surface area contributed by atoms with Crippen molar-refractivity contribution in [1.82, 2.24) is 14.8 Å². The van der Waals surface area contributed by atoms with Crippen LogP contribution in [0.2, 0.25) is 0 Å². The summed E-state index contributed by atoms with van der Waals surface area (Å²) in [6.07, 6.45) is 1.30. The van der Waals surface area contributed by atoms with Crippen molar-refractivity contribution in [2.24, 2.45) is 5.92 Å². The largest absolute Gasteiger partial charge is 0.472 e. The van der Waals surface area contributed by atoms with Crippen LogP contribution in [-0.4, -0.2) is 84.3 Å². The summed E-state index contributed by atoms with van der Waals surface area (Å²) in [5.74, 6) is -0.264. The van der Waals surface area contributed by atoms with Gasteiger partial charge in [0.2, 0.25) is 11.8 Å². The van der Waals surface area contributed by atoms with Crippen molar-refractivity contribution < 1.29 is 24.2 Å². The molecule has 2 aromatic rings. The van der Waals surface area contributed by atoms with Crippen molar-refractivity contribution in [3.05, 3.63) is 47.7 Å². The minimum Gasteiger partial charge on any atom is -0.472 e. The number of hydrogen-bond donors (Lipinski definition) is 1. The van der Waals surface area contributed by atoms with E-state index in [0.717, 1.165) is 16.7 Å². The van der Waals surface area contributed by atoms with Gasteiger partial charge in [0.05, 0.1) is 19.2 Å². The first kappa shape index (κ1) is 24.7. The minimum absolute atomic E-state index is 0.0154. The maximum absolute atomic E-state index is 13.5. The SMILES string of the molecule is COCC(=O)N(C)C[C@@H]1Oc2ncc(-c3ccc(C)cc3)cc2C(=O)N([C@H](C)CO)C[C@@H]1C. The van der Waals surface area contributed by atoms with Crippen LogP contribution in [0.3, 0.4) is 0 Å². The van der Waals surface area contributed by atoms with E-state index >= 15 is 0 Å². The molecule has 1 aromatic carbocycles. The number of aliphatic hydroxyl groups is 1. The molecule has 8 heteroatoms. The first-order chi connectivity index (χ1) is 15.7. The Morgan fingerprint density at radius 2 is 2.03 bits per heavy atom. The molecule has 1 aliphatic heterocycles. The zero-order valence-corrected chi connectivity index (χ0v) is 19.9. The number of fused-ring (bicyclic) bond motifs is 1. The number of carbonyl (C=O) groups is 2. The summed E-state index contributed by atoms with van der Waals surface area (Å²) in [5, 5.41) is 9.80. The van der Waals surface area contributed by atoms with E-state index in [1.807, 2.05) is 45.0 Å². The van der Waals surface area contributed by atoms with Crippen molar-refractivity contribution >= 4 is 11.8 Å². The second-order valence-electron chi connectivity index (χ2n) is 8.77. The lowest BCUT2D eigenvalue weighted by molar-refractivity contribution is -0.135. The second kappa shape index (κ2) is 10.8. The van der Waals surface area contributed by atoms with Gasteiger partial charge in [-0.2, -0.15) is 0 Å². The van der Waals surface area contributed by atoms with E-state index in [1.54, 1.807) is 29.1 Å². The highest BCUT2D eigenvalue weighted by atomic mass is 16.5. The number of hydrogen-bond acceptors (Lipinski definition) is 6. The third-order valence-corrected chi connectivity index (χ3v) is 6.05. The predicted octanol–water partition coefficient (Wildman–Crippen LogP) is 2.38. The molecular weight excluding hydrogens is 422 g/mol. The van der Waals surface area contributed by atoms with Gasteiger partial charge in [-0.15, -0.1) is 0 Å². The third-order valence-electron chi connectivity index (χ3n) is 6.05. The Bertz CT molecular complexity index is 979. The number of benzene rings is 1. The molecule has 0 fully saturated rings. The lowest BCUT2D eigenvalue weighted by Gasteiger charge is -2.37. The van der Waals surface area contributed by atoms with E-state index in [2.05, 4.69) is 4.98 Å². The van der Waals surface area contributed by atoms with E-state index in [9.17, 15) is 14.7 Å². The molecule has 1 aromatic heterocycles. The summed E-state index contributed by atoms with van der Waals surface area (Å²) >= 11 is 0. The highest BCUT2D eigenvalue weighted by molar-refractivity contribution is 5.98. The molecule has 0 unspecified atom stereocenters. The van der Waals surface area contributed by atoms with Crippen molar-refractivity contribution in [2.45, 2.75) is 32.9 Å². The number of nitrogens with zero attached hydrogens (tertiary/aromatic N) is 3. The van der Waals surface area contributed by atoms with E-state index in [1.165, 1.54) is 7.11 Å². The van der Waals surface area contributed by atoms with E-state index in [0.29, 0.717) is 18.7 Å². The average molecular weight is 456 g/mol. The monoisotopic (exact) mass is 455 g/mol. The summed E-state index contributed by atoms with van der Waals surface area (Å²) in [5.41, 5.74) is 3.24. The molecule has 2 amide bonds. The Balaban J connectivity index is 2.00. The summed E-state index contributed by atoms with van der Waals surface area (Å²) < 4.78 is 11.2. The first-order valence-electron chi connectivity index (χ1n) is 11.1. The quantitative estimate of drug-likeness (QED) is 0.689. The highest BCUT2D eigenvalue weighted by Gasteiger charge is 2.34. The first-order valence-corrected chi connectivity index (χ1v) is 11.1. The summed E-state index contributed by atoms with van der Waals surface area (Å²) in [6.45, 7) is 6.33. The molecule has 0 aliphatic carbocycles. The number of methoxy groups -OCH3 is 1. The smallest absolute Gasteiger partial charge is 0.259 e. The van der Waals surface area contributed by atoms with Crippen LogP contribution in [-0.2, 0) is 9.53 Å². The van der Waals surface area contributed by atoms with Crippen LogP contribution < -0.4 is 4.74 Å². The van der Waals surface area contributed by atoms with Crippen LogP contribution in [0.1, 0.15) is 29.8 Å². The lowest BCUT2D eigenvalue weighted by Crippen LogP contribution is -2.50. The Hall–Kier alpha value is -2.97. The minimum atomic E-state index is -0.395. The number of rotatable bonds is 7. The topological polar surface area (TPSA) is 92.2 Å². The molecule has 0 saturated heterocycles. The predicted molar refractivity (Wildman–Crippen MR) is 125 cm³/mol. The molecule has 3 atom stereocenters. The van der Waals surface area contributed by atoms with E-state index < -0.39 is 6.10 Å². The van der Waals surface area contributed by atoms with Crippen molar-refractivity contribution in [2.75, 3.05) is 40.5 Å². The molecule has 1 aliphatic rings. The number of amides is 2. The molecular formula is C25H33N3O5. The van der Waals surface area contributed by atoms with Gasteiger partial charge in [0.15, 0.2) is 0 Å². The molecule has 8 nitrogen and oxygen atoms in total. The fourth-order valence-electron chi connectivity index (χ4n) is 3.83. The van der Waals surface area contributed by atoms with E-state index in [-0.39, 0.29) is 42.9 Å². The normalized spacial score (nSPS) is 19.2. The molecule has 1 N–H and O–H groups in total. The maximum Gasteiger partial charge on any atom is 0.259 e. The van der Waals surface area contributed by atoms with Crippen molar-refractivity contribution in [1.29, 1.82) is 0 Å². The van der Waals surface area contributed by atoms with E-state index in [4.69, 9.17) is 9.47 Å². The van der Waals surface area contributed by atoms with Gasteiger partial charge in [0.25, 0.3) is 5.91 Å². The number of ether oxygens (including phenoxy) is 2. The average Bonchev–Trinajstić information content (AvgIpc) is 2.81. The maximum atomic E-state index is 13.5. The molecule has 0 bridgehead atoms. The van der Waals surface area contributed by atoms with Gasteiger partial charge in [-0.3, -0.25) is 9.59 Å². The van der Waals surface area contributed by atoms with Crippen molar-refractivity contribution in [3.63, 3.8) is 0 Å². The van der Waals surface area contributed by atoms with Crippen molar-refractivity contribution in [3.8, 4) is 17.0 Å². The van der Waals surface area contributed by atoms with Crippen LogP contribution in [0.4, 0.5) is 0 Å². The van der Waals surface area contributed by atoms with Gasteiger partial charge < -0.3 is 24.4 Å². The van der Waals surface area contributed by atoms with Crippen LogP contribution in [0.5, 0.6) is 5.88 Å². The number of aryl methyl sites for hydroxylation is 1. The Kier molecular flexibility index (Phi) is 8.05. The van der Waals surface area contributed by atoms with Gasteiger partial charge >= 0.3 is 0 Å². The zero-order chi connectivity index (χ0) is 24.1. The van der Waals surface area contributed by atoms with Gasteiger partial charge in [0.1, 0.15) is 18.3 Å². The molecule has 33 heavy (non-hydrogen) atoms. The van der Waals surface area contributed by atoms with Gasteiger partial charge in [-0.05, 0) is 25.5 Å². The number of pyridine rings is 1. The zero-order valence-electron chi connectivity index (χ0n) is 19.9. The summed E-state index contributed by atoms with van der Waals surface area (Å²) in [6, 6.07) is 9.41. The molecule has 178 valence electrons. The molecule has 0 radical (unpaired) electrons. The summed E-state index contributed by atoms with van der Waals surface area (Å²) in [4.78, 5) is 33.5. The van der Waals surface area contributed by atoms with Crippen LogP contribution in [0.25, 0.3) is 11.1 Å². The van der Waals surface area contributed by atoms with Gasteiger partial charge in [0, 0.05) is 38.4 Å². The molecule has 0 saturated carbocycles. The standard InChI is InChI=1S/C25H33N3O5/c1-16-6-8-19(9-7-16)20-10-21-24(26-11-20)33-22(13-27(4)23(30)15-32-5)17(2)12-28(25(21)31)18(3)14-29/h6-11,17-18,22,29H,12-15H2,1-5H3/t17-,18+,22-/m0/s1. The van der Waals surface area contributed by atoms with Crippen LogP contribution in [0.15, 0.2) is 36.5 Å². The Labute approximate surface area is 195 Å². The Morgan fingerprint density at radius 1 is 1.33 bits per heavy atom. The number of aliphatic hydroxyl groups excluding tert-OH is 1. The fraction of sp³-hybridized carbons (Fsp3) is 0.480. The molecule has 0 spiro atoms. The molecule has 2 heterocycles.